The maximum absolute atomic E-state index is 12.4. The van der Waals surface area contributed by atoms with Gasteiger partial charge in [-0.25, -0.2) is 4.98 Å². The van der Waals surface area contributed by atoms with Gasteiger partial charge in [-0.3, -0.25) is 4.79 Å². The Morgan fingerprint density at radius 3 is 2.84 bits per heavy atom. The smallest absolute Gasteiger partial charge is 0.249 e. The van der Waals surface area contributed by atoms with E-state index in [1.807, 2.05) is 36.0 Å². The zero-order chi connectivity index (χ0) is 13.7. The van der Waals surface area contributed by atoms with Crippen molar-refractivity contribution in [3.8, 4) is 0 Å². The van der Waals surface area contributed by atoms with E-state index in [-0.39, 0.29) is 11.9 Å². The molecule has 1 atom stereocenters. The molecule has 19 heavy (non-hydrogen) atoms. The van der Waals surface area contributed by atoms with E-state index in [9.17, 15) is 4.79 Å². The van der Waals surface area contributed by atoms with Gasteiger partial charge in [0.15, 0.2) is 5.13 Å². The predicted molar refractivity (Wildman–Crippen MR) is 81.9 cm³/mol. The summed E-state index contributed by atoms with van der Waals surface area (Å²) in [5.41, 5.74) is 0. The van der Waals surface area contributed by atoms with Gasteiger partial charge < -0.3 is 9.88 Å². The van der Waals surface area contributed by atoms with Crippen LogP contribution in [0.2, 0.25) is 0 Å². The zero-order valence-corrected chi connectivity index (χ0v) is 12.6. The summed E-state index contributed by atoms with van der Waals surface area (Å²) in [6.07, 6.45) is 8.49. The minimum atomic E-state index is -0.174. The maximum atomic E-state index is 12.4. The molecular formula is C13H17N3OS2. The van der Waals surface area contributed by atoms with Crippen molar-refractivity contribution in [2.45, 2.75) is 19.4 Å². The Kier molecular flexibility index (Phi) is 5.04. The lowest BCUT2D eigenvalue weighted by atomic mass is 10.2. The summed E-state index contributed by atoms with van der Waals surface area (Å²) in [6.45, 7) is 1.98. The summed E-state index contributed by atoms with van der Waals surface area (Å²) in [6, 6.07) is 3.70. The molecule has 102 valence electrons. The molecular weight excluding hydrogens is 278 g/mol. The van der Waals surface area contributed by atoms with Crippen molar-refractivity contribution in [2.75, 3.05) is 17.3 Å². The van der Waals surface area contributed by atoms with Crippen LogP contribution in [0.4, 0.5) is 5.13 Å². The van der Waals surface area contributed by atoms with Crippen molar-refractivity contribution < 1.29 is 4.79 Å². The monoisotopic (exact) mass is 295 g/mol. The van der Waals surface area contributed by atoms with E-state index < -0.39 is 0 Å². The molecule has 0 aromatic carbocycles. The summed E-state index contributed by atoms with van der Waals surface area (Å²) >= 11 is 3.25. The molecule has 1 N–H and O–H groups in total. The maximum Gasteiger partial charge on any atom is 0.249 e. The first-order chi connectivity index (χ1) is 9.20. The highest BCUT2D eigenvalue weighted by Crippen LogP contribution is 2.21. The molecule has 0 fully saturated rings. The van der Waals surface area contributed by atoms with Crippen LogP contribution in [0.25, 0.3) is 0 Å². The Labute approximate surface area is 121 Å². The Balaban J connectivity index is 2.07. The van der Waals surface area contributed by atoms with Crippen LogP contribution in [0, 0.1) is 6.92 Å². The largest absolute Gasteiger partial charge is 0.342 e. The molecule has 4 nitrogen and oxygen atoms in total. The highest BCUT2D eigenvalue weighted by Gasteiger charge is 2.20. The van der Waals surface area contributed by atoms with Crippen molar-refractivity contribution in [3.63, 3.8) is 0 Å². The number of thioether (sulfide) groups is 1. The fourth-order valence-electron chi connectivity index (χ4n) is 1.80. The van der Waals surface area contributed by atoms with Crippen molar-refractivity contribution in [2.24, 2.45) is 0 Å². The fraction of sp³-hybridized carbons (Fsp3) is 0.385. The fourth-order valence-corrected chi connectivity index (χ4v) is 2.93. The molecule has 2 aromatic rings. The van der Waals surface area contributed by atoms with Crippen LogP contribution in [0.1, 0.15) is 17.3 Å². The predicted octanol–water partition coefficient (Wildman–Crippen LogP) is 3.19. The first-order valence-electron chi connectivity index (χ1n) is 6.05. The van der Waals surface area contributed by atoms with Crippen LogP contribution in [-0.2, 0) is 4.79 Å². The summed E-state index contributed by atoms with van der Waals surface area (Å²) in [5, 5.41) is 3.57. The van der Waals surface area contributed by atoms with Crippen LogP contribution in [-0.4, -0.2) is 27.5 Å². The average Bonchev–Trinajstić information content (AvgIpc) is 3.02. The number of anilines is 1. The van der Waals surface area contributed by atoms with E-state index in [2.05, 4.69) is 16.6 Å². The highest BCUT2D eigenvalue weighted by atomic mass is 32.2. The molecule has 6 heteroatoms. The van der Waals surface area contributed by atoms with Gasteiger partial charge in [0.25, 0.3) is 0 Å². The summed E-state index contributed by atoms with van der Waals surface area (Å²) in [7, 11) is 0. The van der Waals surface area contributed by atoms with Gasteiger partial charge >= 0.3 is 0 Å². The standard InChI is InChI=1S/C13H17N3OS2/c1-10-9-14-13(19-10)15-12(17)11(5-8-18-2)16-6-3-4-7-16/h3-4,6-7,9,11H,5,8H2,1-2H3,(H,14,15,17)/t11-/m0/s1. The highest BCUT2D eigenvalue weighted by molar-refractivity contribution is 7.98. The number of carbonyl (C=O) groups is 1. The number of nitrogens with zero attached hydrogens (tertiary/aromatic N) is 2. The molecule has 0 aliphatic rings. The van der Waals surface area contributed by atoms with Crippen LogP contribution in [0.3, 0.4) is 0 Å². The number of aryl methyl sites for hydroxylation is 1. The lowest BCUT2D eigenvalue weighted by Gasteiger charge is -2.17. The number of aromatic nitrogens is 2. The number of carbonyl (C=O) groups excluding carboxylic acids is 1. The summed E-state index contributed by atoms with van der Waals surface area (Å²) < 4.78 is 1.95. The second kappa shape index (κ2) is 6.77. The van der Waals surface area contributed by atoms with E-state index in [4.69, 9.17) is 0 Å². The number of amides is 1. The number of hydrogen-bond donors (Lipinski definition) is 1. The zero-order valence-electron chi connectivity index (χ0n) is 11.0. The Morgan fingerprint density at radius 1 is 1.53 bits per heavy atom. The van der Waals surface area contributed by atoms with Gasteiger partial charge in [0.1, 0.15) is 6.04 Å². The topological polar surface area (TPSA) is 46.9 Å². The normalized spacial score (nSPS) is 12.3. The van der Waals surface area contributed by atoms with Crippen molar-refractivity contribution in [3.05, 3.63) is 35.6 Å². The van der Waals surface area contributed by atoms with E-state index in [1.165, 1.54) is 11.3 Å². The number of hydrogen-bond acceptors (Lipinski definition) is 4. The van der Waals surface area contributed by atoms with Gasteiger partial charge in [0.2, 0.25) is 5.91 Å². The van der Waals surface area contributed by atoms with Crippen molar-refractivity contribution >= 4 is 34.1 Å². The van der Waals surface area contributed by atoms with Gasteiger partial charge in [-0.15, -0.1) is 11.3 Å². The number of rotatable bonds is 6. The van der Waals surface area contributed by atoms with E-state index in [0.29, 0.717) is 5.13 Å². The molecule has 0 unspecified atom stereocenters. The quantitative estimate of drug-likeness (QED) is 0.890. The molecule has 0 spiro atoms. The molecule has 1 amide bonds. The summed E-state index contributed by atoms with van der Waals surface area (Å²) in [4.78, 5) is 17.6. The Hall–Kier alpha value is -1.27. The minimum Gasteiger partial charge on any atom is -0.342 e. The minimum absolute atomic E-state index is 0.000370. The van der Waals surface area contributed by atoms with Gasteiger partial charge in [0, 0.05) is 23.5 Å². The van der Waals surface area contributed by atoms with Crippen LogP contribution >= 0.6 is 23.1 Å². The van der Waals surface area contributed by atoms with Gasteiger partial charge in [-0.1, -0.05) is 0 Å². The van der Waals surface area contributed by atoms with Gasteiger partial charge in [-0.05, 0) is 37.5 Å². The molecule has 0 aliphatic carbocycles. The van der Waals surface area contributed by atoms with Crippen LogP contribution < -0.4 is 5.32 Å². The average molecular weight is 295 g/mol. The third-order valence-corrected chi connectivity index (χ3v) is 4.21. The van der Waals surface area contributed by atoms with E-state index in [1.54, 1.807) is 18.0 Å². The molecule has 0 saturated carbocycles. The van der Waals surface area contributed by atoms with E-state index in [0.717, 1.165) is 17.1 Å². The Bertz CT molecular complexity index is 522. The number of thiazole rings is 1. The second-order valence-corrected chi connectivity index (χ2v) is 6.41. The van der Waals surface area contributed by atoms with Crippen LogP contribution in [0.5, 0.6) is 0 Å². The summed E-state index contributed by atoms with van der Waals surface area (Å²) in [5.74, 6) is 0.951. The Morgan fingerprint density at radius 2 is 2.26 bits per heavy atom. The third kappa shape index (κ3) is 3.84. The molecule has 0 bridgehead atoms. The molecule has 0 aliphatic heterocycles. The third-order valence-electron chi connectivity index (χ3n) is 2.74. The van der Waals surface area contributed by atoms with Crippen molar-refractivity contribution in [1.29, 1.82) is 0 Å². The lowest BCUT2D eigenvalue weighted by molar-refractivity contribution is -0.119. The van der Waals surface area contributed by atoms with Crippen LogP contribution in [0.15, 0.2) is 30.7 Å². The lowest BCUT2D eigenvalue weighted by Crippen LogP contribution is -2.25. The first kappa shape index (κ1) is 14.1. The van der Waals surface area contributed by atoms with Gasteiger partial charge in [0.05, 0.1) is 0 Å². The molecule has 0 radical (unpaired) electrons. The first-order valence-corrected chi connectivity index (χ1v) is 8.26. The molecule has 0 saturated heterocycles. The molecule has 2 rings (SSSR count). The van der Waals surface area contributed by atoms with Gasteiger partial charge in [-0.2, -0.15) is 11.8 Å². The molecule has 2 aromatic heterocycles. The molecule has 2 heterocycles. The van der Waals surface area contributed by atoms with E-state index >= 15 is 0 Å². The second-order valence-electron chi connectivity index (χ2n) is 4.19. The SMILES string of the molecule is CSCC[C@@H](C(=O)Nc1ncc(C)s1)n1cccc1. The number of nitrogens with one attached hydrogen (secondary N) is 1. The van der Waals surface area contributed by atoms with Crippen molar-refractivity contribution in [1.82, 2.24) is 9.55 Å².